The lowest BCUT2D eigenvalue weighted by Crippen LogP contribution is -2.54. The lowest BCUT2D eigenvalue weighted by molar-refractivity contribution is -0.128. The van der Waals surface area contributed by atoms with Gasteiger partial charge in [0.25, 0.3) is 0 Å². The molecule has 2 heterocycles. The minimum absolute atomic E-state index is 0.0185. The van der Waals surface area contributed by atoms with E-state index >= 15 is 0 Å². The van der Waals surface area contributed by atoms with Gasteiger partial charge >= 0.3 is 0 Å². The van der Waals surface area contributed by atoms with Crippen LogP contribution in [0.4, 0.5) is 0 Å². The van der Waals surface area contributed by atoms with Gasteiger partial charge in [-0.05, 0) is 20.3 Å². The van der Waals surface area contributed by atoms with Crippen molar-refractivity contribution in [2.24, 2.45) is 0 Å². The van der Waals surface area contributed by atoms with Gasteiger partial charge < -0.3 is 24.4 Å². The Morgan fingerprint density at radius 3 is 2.88 bits per heavy atom. The van der Waals surface area contributed by atoms with Crippen molar-refractivity contribution in [2.45, 2.75) is 39.0 Å². The Balaban J connectivity index is 1.75. The first-order valence-corrected chi connectivity index (χ1v) is 8.19. The SMILES string of the molecule is COCCOCC(=O)N[C@@H]1CCN(Cc2c(C)noc2C)C[C@H]1O. The smallest absolute Gasteiger partial charge is 0.246 e. The molecule has 1 aliphatic heterocycles. The first kappa shape index (κ1) is 18.9. The second-order valence-electron chi connectivity index (χ2n) is 6.11. The van der Waals surface area contributed by atoms with E-state index in [1.165, 1.54) is 0 Å². The average molecular weight is 341 g/mol. The summed E-state index contributed by atoms with van der Waals surface area (Å²) in [4.78, 5) is 14.0. The van der Waals surface area contributed by atoms with E-state index in [9.17, 15) is 9.90 Å². The third-order valence-electron chi connectivity index (χ3n) is 4.24. The van der Waals surface area contributed by atoms with E-state index in [1.807, 2.05) is 13.8 Å². The number of nitrogens with one attached hydrogen (secondary N) is 1. The highest BCUT2D eigenvalue weighted by Gasteiger charge is 2.29. The standard InChI is InChI=1S/C16H27N3O5/c1-11-13(12(2)24-18-11)8-19-5-4-14(15(20)9-19)17-16(21)10-23-7-6-22-3/h14-15,20H,4-10H2,1-3H3,(H,17,21)/t14-,15-/m1/s1. The molecule has 1 aromatic rings. The van der Waals surface area contributed by atoms with Gasteiger partial charge in [0, 0.05) is 32.3 Å². The van der Waals surface area contributed by atoms with Crippen LogP contribution in [0, 0.1) is 13.8 Å². The molecule has 1 saturated heterocycles. The number of carbonyl (C=O) groups is 1. The highest BCUT2D eigenvalue weighted by molar-refractivity contribution is 5.77. The lowest BCUT2D eigenvalue weighted by Gasteiger charge is -2.36. The molecule has 1 amide bonds. The number of hydrogen-bond acceptors (Lipinski definition) is 7. The molecule has 1 fully saturated rings. The van der Waals surface area contributed by atoms with Gasteiger partial charge in [-0.25, -0.2) is 0 Å². The van der Waals surface area contributed by atoms with Crippen LogP contribution in [0.25, 0.3) is 0 Å². The van der Waals surface area contributed by atoms with Crippen molar-refractivity contribution in [1.82, 2.24) is 15.4 Å². The van der Waals surface area contributed by atoms with E-state index in [0.29, 0.717) is 32.7 Å². The maximum Gasteiger partial charge on any atom is 0.246 e. The number of β-amino-alcohol motifs (C(OH)–C–C–N with tert-alkyl or cyclic N) is 1. The zero-order chi connectivity index (χ0) is 17.5. The molecule has 2 rings (SSSR count). The van der Waals surface area contributed by atoms with Gasteiger partial charge in [-0.1, -0.05) is 5.16 Å². The summed E-state index contributed by atoms with van der Waals surface area (Å²) in [5.74, 6) is 0.597. The van der Waals surface area contributed by atoms with Crippen LogP contribution in [0.3, 0.4) is 0 Å². The number of hydrogen-bond donors (Lipinski definition) is 2. The van der Waals surface area contributed by atoms with E-state index in [0.717, 1.165) is 23.6 Å². The summed E-state index contributed by atoms with van der Waals surface area (Å²) in [6.07, 6.45) is 0.0797. The summed E-state index contributed by atoms with van der Waals surface area (Å²) >= 11 is 0. The van der Waals surface area contributed by atoms with Crippen LogP contribution < -0.4 is 5.32 Å². The molecule has 1 aromatic heterocycles. The van der Waals surface area contributed by atoms with Crippen LogP contribution in [0.2, 0.25) is 0 Å². The van der Waals surface area contributed by atoms with E-state index in [4.69, 9.17) is 14.0 Å². The Hall–Kier alpha value is -1.48. The molecular weight excluding hydrogens is 314 g/mol. The molecular formula is C16H27N3O5. The first-order chi connectivity index (χ1) is 11.5. The predicted molar refractivity (Wildman–Crippen MR) is 86.5 cm³/mol. The number of carbonyl (C=O) groups excluding carboxylic acids is 1. The molecule has 0 unspecified atom stereocenters. The highest BCUT2D eigenvalue weighted by atomic mass is 16.5. The van der Waals surface area contributed by atoms with Gasteiger partial charge in [0.05, 0.1) is 31.1 Å². The molecule has 2 N–H and O–H groups in total. The Morgan fingerprint density at radius 2 is 2.25 bits per heavy atom. The predicted octanol–water partition coefficient (Wildman–Crippen LogP) is 0.00584. The molecule has 0 radical (unpaired) electrons. The fraction of sp³-hybridized carbons (Fsp3) is 0.750. The summed E-state index contributed by atoms with van der Waals surface area (Å²) < 4.78 is 15.2. The number of piperidine rings is 1. The molecule has 1 aliphatic rings. The second-order valence-corrected chi connectivity index (χ2v) is 6.11. The maximum atomic E-state index is 11.8. The van der Waals surface area contributed by atoms with Gasteiger partial charge in [-0.2, -0.15) is 0 Å². The Morgan fingerprint density at radius 1 is 1.46 bits per heavy atom. The van der Waals surface area contributed by atoms with Crippen molar-refractivity contribution in [3.63, 3.8) is 0 Å². The van der Waals surface area contributed by atoms with E-state index in [1.54, 1.807) is 7.11 Å². The number of aliphatic hydroxyl groups is 1. The molecule has 8 nitrogen and oxygen atoms in total. The van der Waals surface area contributed by atoms with E-state index < -0.39 is 6.10 Å². The quantitative estimate of drug-likeness (QED) is 0.643. The lowest BCUT2D eigenvalue weighted by atomic mass is 10.0. The summed E-state index contributed by atoms with van der Waals surface area (Å²) in [5.41, 5.74) is 1.95. The topological polar surface area (TPSA) is 97.1 Å². The second kappa shape index (κ2) is 9.12. The van der Waals surface area contributed by atoms with Crippen LogP contribution in [0.15, 0.2) is 4.52 Å². The number of ether oxygens (including phenoxy) is 2. The Kier molecular flexibility index (Phi) is 7.16. The number of aliphatic hydroxyl groups excluding tert-OH is 1. The Bertz CT molecular complexity index is 514. The van der Waals surface area contributed by atoms with Gasteiger partial charge in [0.1, 0.15) is 12.4 Å². The number of likely N-dealkylation sites (tertiary alicyclic amines) is 1. The number of rotatable bonds is 8. The van der Waals surface area contributed by atoms with Crippen LogP contribution >= 0.6 is 0 Å². The van der Waals surface area contributed by atoms with Crippen LogP contribution in [0.1, 0.15) is 23.4 Å². The van der Waals surface area contributed by atoms with Crippen molar-refractivity contribution in [2.75, 3.05) is 40.0 Å². The molecule has 136 valence electrons. The molecule has 24 heavy (non-hydrogen) atoms. The molecule has 2 atom stereocenters. The van der Waals surface area contributed by atoms with Crippen molar-refractivity contribution >= 4 is 5.91 Å². The van der Waals surface area contributed by atoms with Crippen molar-refractivity contribution in [3.8, 4) is 0 Å². The third-order valence-corrected chi connectivity index (χ3v) is 4.24. The summed E-state index contributed by atoms with van der Waals surface area (Å²) in [5, 5.41) is 17.1. The normalized spacial score (nSPS) is 21.8. The number of nitrogens with zero attached hydrogens (tertiary/aromatic N) is 2. The number of aryl methyl sites for hydroxylation is 2. The zero-order valence-electron chi connectivity index (χ0n) is 14.6. The first-order valence-electron chi connectivity index (χ1n) is 8.19. The molecule has 0 aromatic carbocycles. The van der Waals surface area contributed by atoms with E-state index in [2.05, 4.69) is 15.4 Å². The molecule has 0 bridgehead atoms. The van der Waals surface area contributed by atoms with Gasteiger partial charge in [-0.3, -0.25) is 9.69 Å². The largest absolute Gasteiger partial charge is 0.390 e. The maximum absolute atomic E-state index is 11.8. The van der Waals surface area contributed by atoms with Crippen LogP contribution in [-0.2, 0) is 20.8 Å². The van der Waals surface area contributed by atoms with Gasteiger partial charge in [0.15, 0.2) is 0 Å². The molecule has 0 spiro atoms. The summed E-state index contributed by atoms with van der Waals surface area (Å²) in [6.45, 7) is 6.60. The Labute approximate surface area is 142 Å². The van der Waals surface area contributed by atoms with Crippen molar-refractivity contribution in [3.05, 3.63) is 17.0 Å². The fourth-order valence-corrected chi connectivity index (χ4v) is 2.82. The van der Waals surface area contributed by atoms with E-state index in [-0.39, 0.29) is 18.6 Å². The van der Waals surface area contributed by atoms with Gasteiger partial charge in [-0.15, -0.1) is 0 Å². The van der Waals surface area contributed by atoms with Gasteiger partial charge in [0.2, 0.25) is 5.91 Å². The number of methoxy groups -OCH3 is 1. The fourth-order valence-electron chi connectivity index (χ4n) is 2.82. The molecule has 0 saturated carbocycles. The minimum Gasteiger partial charge on any atom is -0.390 e. The zero-order valence-corrected chi connectivity index (χ0v) is 14.6. The molecule has 0 aliphatic carbocycles. The number of amides is 1. The van der Waals surface area contributed by atoms with Crippen LogP contribution in [0.5, 0.6) is 0 Å². The molecule has 8 heteroatoms. The number of aromatic nitrogens is 1. The highest BCUT2D eigenvalue weighted by Crippen LogP contribution is 2.19. The third kappa shape index (κ3) is 5.27. The summed E-state index contributed by atoms with van der Waals surface area (Å²) in [7, 11) is 1.58. The summed E-state index contributed by atoms with van der Waals surface area (Å²) in [6, 6.07) is -0.246. The minimum atomic E-state index is -0.609. The average Bonchev–Trinajstić information content (AvgIpc) is 2.86. The van der Waals surface area contributed by atoms with Crippen LogP contribution in [-0.4, -0.2) is 73.2 Å². The van der Waals surface area contributed by atoms with Crippen molar-refractivity contribution in [1.29, 1.82) is 0 Å². The monoisotopic (exact) mass is 341 g/mol. The van der Waals surface area contributed by atoms with Crippen molar-refractivity contribution < 1.29 is 23.9 Å².